The van der Waals surface area contributed by atoms with Crippen LogP contribution in [-0.2, 0) is 6.42 Å². The van der Waals surface area contributed by atoms with Crippen LogP contribution in [0.25, 0.3) is 0 Å². The second-order valence-electron chi connectivity index (χ2n) is 5.97. The maximum absolute atomic E-state index is 13.0. The van der Waals surface area contributed by atoms with Gasteiger partial charge >= 0.3 is 0 Å². The zero-order chi connectivity index (χ0) is 17.4. The summed E-state index contributed by atoms with van der Waals surface area (Å²) in [5, 5.41) is 0. The first kappa shape index (κ1) is 15.6. The predicted octanol–water partition coefficient (Wildman–Crippen LogP) is 2.87. The normalized spacial score (nSPS) is 17.7. The van der Waals surface area contributed by atoms with Crippen molar-refractivity contribution in [1.29, 1.82) is 0 Å². The molecule has 2 aromatic rings. The van der Waals surface area contributed by atoms with Gasteiger partial charge in [-0.05, 0) is 24.1 Å². The third-order valence-electron chi connectivity index (χ3n) is 4.47. The van der Waals surface area contributed by atoms with E-state index in [-0.39, 0.29) is 18.5 Å². The summed E-state index contributed by atoms with van der Waals surface area (Å²) in [6, 6.07) is 9.14. The molecule has 0 N–H and O–H groups in total. The Morgan fingerprint density at radius 1 is 1.00 bits per heavy atom. The van der Waals surface area contributed by atoms with Gasteiger partial charge in [0.25, 0.3) is 0 Å². The van der Waals surface area contributed by atoms with Crippen LogP contribution in [0.3, 0.4) is 0 Å². The summed E-state index contributed by atoms with van der Waals surface area (Å²) in [7, 11) is 3.10. The van der Waals surface area contributed by atoms with Gasteiger partial charge in [0, 0.05) is 12.1 Å². The molecule has 6 heteroatoms. The van der Waals surface area contributed by atoms with E-state index in [9.17, 15) is 4.79 Å². The van der Waals surface area contributed by atoms with Gasteiger partial charge in [-0.1, -0.05) is 6.07 Å². The van der Waals surface area contributed by atoms with Crippen LogP contribution in [-0.4, -0.2) is 33.4 Å². The van der Waals surface area contributed by atoms with Crippen LogP contribution < -0.4 is 23.7 Å². The molecule has 0 aromatic heterocycles. The number of ether oxygens (including phenoxy) is 5. The molecule has 2 aliphatic rings. The highest BCUT2D eigenvalue weighted by Crippen LogP contribution is 2.40. The maximum Gasteiger partial charge on any atom is 0.231 e. The fourth-order valence-corrected chi connectivity index (χ4v) is 3.18. The monoisotopic (exact) mass is 342 g/mol. The van der Waals surface area contributed by atoms with Crippen LogP contribution >= 0.6 is 0 Å². The predicted molar refractivity (Wildman–Crippen MR) is 89.1 cm³/mol. The van der Waals surface area contributed by atoms with Crippen LogP contribution in [0.5, 0.6) is 28.7 Å². The number of methoxy groups -OCH3 is 2. The molecule has 1 unspecified atom stereocenters. The largest absolute Gasteiger partial charge is 0.496 e. The third-order valence-corrected chi connectivity index (χ3v) is 4.47. The van der Waals surface area contributed by atoms with Gasteiger partial charge in [0.15, 0.2) is 17.3 Å². The molecule has 0 spiro atoms. The number of fused-ring (bicyclic) bond motifs is 2. The molecule has 0 fully saturated rings. The molecular weight excluding hydrogens is 324 g/mol. The van der Waals surface area contributed by atoms with Gasteiger partial charge in [0.05, 0.1) is 26.7 Å². The van der Waals surface area contributed by atoms with Crippen LogP contribution in [0.15, 0.2) is 30.3 Å². The lowest BCUT2D eigenvalue weighted by Gasteiger charge is -2.26. The van der Waals surface area contributed by atoms with E-state index >= 15 is 0 Å². The Morgan fingerprint density at radius 2 is 1.84 bits per heavy atom. The highest BCUT2D eigenvalue weighted by atomic mass is 16.7. The van der Waals surface area contributed by atoms with Gasteiger partial charge in [0.1, 0.15) is 22.8 Å². The van der Waals surface area contributed by atoms with E-state index in [0.717, 1.165) is 11.3 Å². The minimum Gasteiger partial charge on any atom is -0.496 e. The summed E-state index contributed by atoms with van der Waals surface area (Å²) in [4.78, 5) is 13.0. The van der Waals surface area contributed by atoms with Crippen molar-refractivity contribution in [3.8, 4) is 28.7 Å². The topological polar surface area (TPSA) is 63.2 Å². The van der Waals surface area contributed by atoms with Gasteiger partial charge in [-0.2, -0.15) is 0 Å². The van der Waals surface area contributed by atoms with E-state index in [0.29, 0.717) is 41.6 Å². The molecule has 2 aliphatic heterocycles. The first-order chi connectivity index (χ1) is 12.2. The summed E-state index contributed by atoms with van der Waals surface area (Å²) in [5.41, 5.74) is 1.47. The van der Waals surface area contributed by atoms with Crippen molar-refractivity contribution in [2.45, 2.75) is 6.42 Å². The molecular formula is C19H18O6. The Bertz CT molecular complexity index is 812. The number of benzene rings is 2. The first-order valence-corrected chi connectivity index (χ1v) is 8.01. The number of Topliss-reactive ketones (excluding diaryl/α,β-unsaturated/α-hetero) is 1. The average molecular weight is 342 g/mol. The SMILES string of the molecule is COc1cc(OC)c2c(c1)OCC(Cc1ccc3c(c1)OCO3)C2=O. The summed E-state index contributed by atoms with van der Waals surface area (Å²) in [5.74, 6) is 2.74. The second kappa shape index (κ2) is 6.20. The number of hydrogen-bond donors (Lipinski definition) is 0. The number of ketones is 1. The van der Waals surface area contributed by atoms with Crippen molar-refractivity contribution in [2.24, 2.45) is 5.92 Å². The van der Waals surface area contributed by atoms with Crippen LogP contribution in [0.2, 0.25) is 0 Å². The molecule has 0 aliphatic carbocycles. The molecule has 25 heavy (non-hydrogen) atoms. The van der Waals surface area contributed by atoms with Gasteiger partial charge in [-0.15, -0.1) is 0 Å². The lowest BCUT2D eigenvalue weighted by Crippen LogP contribution is -2.30. The minimum atomic E-state index is -0.282. The smallest absolute Gasteiger partial charge is 0.231 e. The zero-order valence-corrected chi connectivity index (χ0v) is 14.0. The summed E-state index contributed by atoms with van der Waals surface area (Å²) < 4.78 is 27.1. The number of carbonyl (C=O) groups is 1. The van der Waals surface area contributed by atoms with Crippen LogP contribution in [0.1, 0.15) is 15.9 Å². The highest BCUT2D eigenvalue weighted by molar-refractivity contribution is 6.04. The van der Waals surface area contributed by atoms with Gasteiger partial charge < -0.3 is 23.7 Å². The lowest BCUT2D eigenvalue weighted by atomic mass is 9.89. The Morgan fingerprint density at radius 3 is 2.64 bits per heavy atom. The van der Waals surface area contributed by atoms with Crippen molar-refractivity contribution < 1.29 is 28.5 Å². The Balaban J connectivity index is 1.61. The van der Waals surface area contributed by atoms with E-state index < -0.39 is 0 Å². The lowest BCUT2D eigenvalue weighted by molar-refractivity contribution is 0.0825. The number of hydrogen-bond acceptors (Lipinski definition) is 6. The van der Waals surface area contributed by atoms with Crippen LogP contribution in [0, 0.1) is 5.92 Å². The molecule has 6 nitrogen and oxygen atoms in total. The molecule has 0 bridgehead atoms. The fourth-order valence-electron chi connectivity index (χ4n) is 3.18. The van der Waals surface area contributed by atoms with Crippen molar-refractivity contribution in [3.05, 3.63) is 41.5 Å². The number of rotatable bonds is 4. The Hall–Kier alpha value is -2.89. The minimum absolute atomic E-state index is 0.0124. The van der Waals surface area contributed by atoms with Gasteiger partial charge in [-0.3, -0.25) is 4.79 Å². The quantitative estimate of drug-likeness (QED) is 0.851. The summed E-state index contributed by atoms with van der Waals surface area (Å²) >= 11 is 0. The van der Waals surface area contributed by atoms with E-state index in [1.54, 1.807) is 19.2 Å². The van der Waals surface area contributed by atoms with Crippen molar-refractivity contribution >= 4 is 5.78 Å². The van der Waals surface area contributed by atoms with Crippen molar-refractivity contribution in [3.63, 3.8) is 0 Å². The highest BCUT2D eigenvalue weighted by Gasteiger charge is 2.33. The Labute approximate surface area is 145 Å². The molecule has 0 saturated carbocycles. The van der Waals surface area contributed by atoms with Gasteiger partial charge in [-0.25, -0.2) is 0 Å². The molecule has 0 radical (unpaired) electrons. The summed E-state index contributed by atoms with van der Waals surface area (Å²) in [6.07, 6.45) is 0.560. The van der Waals surface area contributed by atoms with E-state index in [1.165, 1.54) is 7.11 Å². The van der Waals surface area contributed by atoms with Crippen LogP contribution in [0.4, 0.5) is 0 Å². The third kappa shape index (κ3) is 2.73. The fraction of sp³-hybridized carbons (Fsp3) is 0.316. The molecule has 0 amide bonds. The van der Waals surface area contributed by atoms with E-state index in [2.05, 4.69) is 0 Å². The van der Waals surface area contributed by atoms with Crippen molar-refractivity contribution in [1.82, 2.24) is 0 Å². The first-order valence-electron chi connectivity index (χ1n) is 8.01. The van der Waals surface area contributed by atoms with E-state index in [4.69, 9.17) is 23.7 Å². The molecule has 1 atom stereocenters. The number of carbonyl (C=O) groups excluding carboxylic acids is 1. The molecule has 0 saturated heterocycles. The van der Waals surface area contributed by atoms with E-state index in [1.807, 2.05) is 18.2 Å². The molecule has 2 aromatic carbocycles. The van der Waals surface area contributed by atoms with Crippen molar-refractivity contribution in [2.75, 3.05) is 27.6 Å². The molecule has 130 valence electrons. The Kier molecular flexibility index (Phi) is 3.87. The van der Waals surface area contributed by atoms with Gasteiger partial charge in [0.2, 0.25) is 6.79 Å². The second-order valence-corrected chi connectivity index (χ2v) is 5.97. The maximum atomic E-state index is 13.0. The average Bonchev–Trinajstić information content (AvgIpc) is 3.10. The molecule has 2 heterocycles. The summed E-state index contributed by atoms with van der Waals surface area (Å²) in [6.45, 7) is 0.549. The standard InChI is InChI=1S/C19H18O6/c1-21-13-7-16(22-2)18-17(8-13)23-9-12(19(18)20)5-11-3-4-14-15(6-11)25-10-24-14/h3-4,6-8,12H,5,9-10H2,1-2H3. The molecule has 4 rings (SSSR count). The zero-order valence-electron chi connectivity index (χ0n) is 14.0.